The summed E-state index contributed by atoms with van der Waals surface area (Å²) >= 11 is 0. The fourth-order valence-electron chi connectivity index (χ4n) is 4.72. The number of benzene rings is 1. The van der Waals surface area contributed by atoms with E-state index in [0.29, 0.717) is 18.6 Å². The second-order valence-electron chi connectivity index (χ2n) is 8.14. The van der Waals surface area contributed by atoms with Crippen molar-refractivity contribution >= 4 is 11.8 Å². The van der Waals surface area contributed by atoms with Crippen LogP contribution in [0.3, 0.4) is 0 Å². The normalized spacial score (nSPS) is 23.7. The Balaban J connectivity index is 1.44. The van der Waals surface area contributed by atoms with E-state index < -0.39 is 64.3 Å². The number of aromatic nitrogens is 1. The summed E-state index contributed by atoms with van der Waals surface area (Å²) in [6, 6.07) is 0.912. The predicted molar refractivity (Wildman–Crippen MR) is 102 cm³/mol. The SMILES string of the molecule is O=C(NCc1c(F)cc(F)cc1F)c1cn2c(c(O)c1=O)C(=O)N1C3CCC(C3)OC1C2. The number of halogens is 3. The Bertz CT molecular complexity index is 1190. The van der Waals surface area contributed by atoms with Gasteiger partial charge in [0.2, 0.25) is 5.43 Å². The Labute approximate surface area is 179 Å². The molecule has 1 saturated heterocycles. The molecule has 2 N–H and O–H groups in total. The number of rotatable bonds is 3. The fourth-order valence-corrected chi connectivity index (χ4v) is 4.72. The molecule has 2 aliphatic heterocycles. The standard InChI is InChI=1S/C21H18F3N3O5/c22-9-3-14(23)12(15(24)4-9)6-25-20(30)13-7-26-8-16-27(10-1-2-11(5-10)32-16)21(31)17(26)19(29)18(13)28/h3-4,7,10-11,16,29H,1-2,5-6,8H2,(H,25,30). The van der Waals surface area contributed by atoms with Crippen molar-refractivity contribution < 1.29 is 32.6 Å². The van der Waals surface area contributed by atoms with Gasteiger partial charge in [-0.25, -0.2) is 13.2 Å². The van der Waals surface area contributed by atoms with Crippen LogP contribution in [0.25, 0.3) is 0 Å². The molecule has 3 heterocycles. The minimum absolute atomic E-state index is 0.0296. The highest BCUT2D eigenvalue weighted by Crippen LogP contribution is 2.38. The molecule has 3 unspecified atom stereocenters. The molecule has 1 aromatic carbocycles. The number of hydrogen-bond donors (Lipinski definition) is 2. The third kappa shape index (κ3) is 3.15. The molecule has 1 aliphatic carbocycles. The lowest BCUT2D eigenvalue weighted by atomic mass is 10.1. The van der Waals surface area contributed by atoms with Gasteiger partial charge in [-0.3, -0.25) is 14.4 Å². The van der Waals surface area contributed by atoms with Crippen molar-refractivity contribution in [2.75, 3.05) is 0 Å². The summed E-state index contributed by atoms with van der Waals surface area (Å²) < 4.78 is 47.9. The van der Waals surface area contributed by atoms with E-state index in [-0.39, 0.29) is 24.4 Å². The smallest absolute Gasteiger partial charge is 0.276 e. The number of nitrogens with one attached hydrogen (secondary N) is 1. The summed E-state index contributed by atoms with van der Waals surface area (Å²) in [5, 5.41) is 12.6. The average molecular weight is 449 g/mol. The first kappa shape index (κ1) is 20.6. The number of amides is 2. The zero-order chi connectivity index (χ0) is 22.7. The minimum Gasteiger partial charge on any atom is -0.503 e. The van der Waals surface area contributed by atoms with Crippen LogP contribution in [0.5, 0.6) is 5.75 Å². The molecule has 2 aromatic rings. The van der Waals surface area contributed by atoms with E-state index in [9.17, 15) is 32.7 Å². The highest BCUT2D eigenvalue weighted by atomic mass is 19.1. The largest absolute Gasteiger partial charge is 0.503 e. The summed E-state index contributed by atoms with van der Waals surface area (Å²) in [5.41, 5.74) is -2.40. The number of carbonyl (C=O) groups excluding carboxylic acids is 2. The van der Waals surface area contributed by atoms with Crippen LogP contribution in [0.15, 0.2) is 23.1 Å². The van der Waals surface area contributed by atoms with E-state index in [4.69, 9.17) is 4.74 Å². The van der Waals surface area contributed by atoms with Gasteiger partial charge in [0.1, 0.15) is 23.0 Å². The number of hydrogen-bond acceptors (Lipinski definition) is 5. The first-order chi connectivity index (χ1) is 15.2. The van der Waals surface area contributed by atoms with Gasteiger partial charge in [0.15, 0.2) is 17.7 Å². The molecule has 8 nitrogen and oxygen atoms in total. The lowest BCUT2D eigenvalue weighted by Crippen LogP contribution is -2.57. The van der Waals surface area contributed by atoms with Crippen LogP contribution >= 0.6 is 0 Å². The molecule has 0 radical (unpaired) electrons. The molecular formula is C21H18F3N3O5. The molecule has 0 spiro atoms. The quantitative estimate of drug-likeness (QED) is 0.742. The zero-order valence-corrected chi connectivity index (χ0v) is 16.6. The monoisotopic (exact) mass is 449 g/mol. The first-order valence-corrected chi connectivity index (χ1v) is 10.1. The van der Waals surface area contributed by atoms with Gasteiger partial charge >= 0.3 is 0 Å². The molecule has 168 valence electrons. The number of pyridine rings is 1. The minimum atomic E-state index is -1.19. The van der Waals surface area contributed by atoms with Gasteiger partial charge in [-0.05, 0) is 19.3 Å². The van der Waals surface area contributed by atoms with Crippen LogP contribution in [0.2, 0.25) is 0 Å². The third-order valence-electron chi connectivity index (χ3n) is 6.23. The van der Waals surface area contributed by atoms with E-state index >= 15 is 0 Å². The zero-order valence-electron chi connectivity index (χ0n) is 16.6. The molecule has 5 rings (SSSR count). The van der Waals surface area contributed by atoms with Crippen LogP contribution in [0.1, 0.15) is 45.7 Å². The Hall–Kier alpha value is -3.34. The lowest BCUT2D eigenvalue weighted by molar-refractivity contribution is -0.132. The van der Waals surface area contributed by atoms with Crippen LogP contribution in [0.4, 0.5) is 13.2 Å². The Morgan fingerprint density at radius 3 is 2.62 bits per heavy atom. The first-order valence-electron chi connectivity index (χ1n) is 10.1. The maximum absolute atomic E-state index is 13.8. The number of nitrogens with zero attached hydrogens (tertiary/aromatic N) is 2. The molecular weight excluding hydrogens is 431 g/mol. The Morgan fingerprint density at radius 1 is 1.19 bits per heavy atom. The third-order valence-corrected chi connectivity index (χ3v) is 6.23. The molecule has 2 bridgehead atoms. The van der Waals surface area contributed by atoms with Gasteiger partial charge in [-0.15, -0.1) is 0 Å². The molecule has 2 fully saturated rings. The molecule has 3 aliphatic rings. The Morgan fingerprint density at radius 2 is 1.91 bits per heavy atom. The van der Waals surface area contributed by atoms with E-state index in [1.54, 1.807) is 0 Å². The summed E-state index contributed by atoms with van der Waals surface area (Å²) in [6.07, 6.45) is 2.86. The summed E-state index contributed by atoms with van der Waals surface area (Å²) in [5.74, 6) is -5.93. The lowest BCUT2D eigenvalue weighted by Gasteiger charge is -2.44. The highest BCUT2D eigenvalue weighted by Gasteiger charge is 2.47. The highest BCUT2D eigenvalue weighted by molar-refractivity contribution is 5.99. The molecule has 1 aromatic heterocycles. The van der Waals surface area contributed by atoms with Gasteiger partial charge in [0.25, 0.3) is 11.8 Å². The maximum atomic E-state index is 13.8. The maximum Gasteiger partial charge on any atom is 0.276 e. The van der Waals surface area contributed by atoms with Gasteiger partial charge < -0.3 is 24.6 Å². The summed E-state index contributed by atoms with van der Waals surface area (Å²) in [6.45, 7) is -0.538. The van der Waals surface area contributed by atoms with Crippen molar-refractivity contribution in [3.05, 3.63) is 62.8 Å². The van der Waals surface area contributed by atoms with Crippen molar-refractivity contribution in [3.8, 4) is 5.75 Å². The topological polar surface area (TPSA) is 101 Å². The van der Waals surface area contributed by atoms with Gasteiger partial charge in [0.05, 0.1) is 12.6 Å². The van der Waals surface area contributed by atoms with E-state index in [1.807, 2.05) is 0 Å². The summed E-state index contributed by atoms with van der Waals surface area (Å²) in [7, 11) is 0. The van der Waals surface area contributed by atoms with Crippen molar-refractivity contribution in [3.63, 3.8) is 0 Å². The van der Waals surface area contributed by atoms with Crippen molar-refractivity contribution in [2.45, 2.75) is 50.7 Å². The number of ether oxygens (including phenoxy) is 1. The average Bonchev–Trinajstić information content (AvgIpc) is 3.10. The van der Waals surface area contributed by atoms with Crippen LogP contribution in [0, 0.1) is 17.5 Å². The molecule has 2 amide bonds. The van der Waals surface area contributed by atoms with E-state index in [2.05, 4.69) is 5.32 Å². The Kier molecular flexibility index (Phi) is 4.73. The van der Waals surface area contributed by atoms with Crippen molar-refractivity contribution in [2.24, 2.45) is 0 Å². The number of aromatic hydroxyl groups is 1. The van der Waals surface area contributed by atoms with Crippen LogP contribution in [-0.2, 0) is 17.8 Å². The van der Waals surface area contributed by atoms with Gasteiger partial charge in [-0.2, -0.15) is 0 Å². The van der Waals surface area contributed by atoms with E-state index in [0.717, 1.165) is 19.0 Å². The molecule has 3 atom stereocenters. The molecule has 11 heteroatoms. The number of carbonyl (C=O) groups is 2. The predicted octanol–water partition coefficient (Wildman–Crippen LogP) is 1.63. The molecule has 1 saturated carbocycles. The summed E-state index contributed by atoms with van der Waals surface area (Å²) in [4.78, 5) is 39.7. The number of fused-ring (bicyclic) bond motifs is 5. The second-order valence-corrected chi connectivity index (χ2v) is 8.14. The van der Waals surface area contributed by atoms with Crippen LogP contribution < -0.4 is 10.7 Å². The van der Waals surface area contributed by atoms with Crippen LogP contribution in [-0.4, -0.2) is 44.8 Å². The van der Waals surface area contributed by atoms with E-state index in [1.165, 1.54) is 9.47 Å². The van der Waals surface area contributed by atoms with Gasteiger partial charge in [0, 0.05) is 36.5 Å². The second kappa shape index (κ2) is 7.37. The fraction of sp³-hybridized carbons (Fsp3) is 0.381. The van der Waals surface area contributed by atoms with Crippen molar-refractivity contribution in [1.29, 1.82) is 0 Å². The van der Waals surface area contributed by atoms with Crippen molar-refractivity contribution in [1.82, 2.24) is 14.8 Å². The van der Waals surface area contributed by atoms with Gasteiger partial charge in [-0.1, -0.05) is 0 Å². The molecule has 32 heavy (non-hydrogen) atoms.